The van der Waals surface area contributed by atoms with Gasteiger partial charge in [-0.2, -0.15) is 0 Å². The second-order valence-corrected chi connectivity index (χ2v) is 5.21. The minimum atomic E-state index is 0.0126. The number of rotatable bonds is 7. The minimum Gasteiger partial charge on any atom is -0.394 e. The minimum absolute atomic E-state index is 0.0126. The van der Waals surface area contributed by atoms with Crippen LogP contribution in [0.4, 0.5) is 0 Å². The van der Waals surface area contributed by atoms with Gasteiger partial charge in [0, 0.05) is 10.6 Å². The van der Waals surface area contributed by atoms with Crippen LogP contribution in [0.3, 0.4) is 0 Å². The van der Waals surface area contributed by atoms with E-state index in [4.69, 9.17) is 9.84 Å². The standard InChI is InChI=1S/C16H18O2S/c17-11-12-18-16(14-7-3-1-4-8-14)13-19-15-9-5-2-6-10-15/h1-10,16-17H,11-13H2. The first-order valence-corrected chi connectivity index (χ1v) is 7.34. The molecule has 0 aromatic heterocycles. The zero-order valence-corrected chi connectivity index (χ0v) is 11.6. The molecule has 2 aromatic carbocycles. The molecule has 3 heteroatoms. The number of ether oxygens (including phenoxy) is 1. The van der Waals surface area contributed by atoms with E-state index in [0.29, 0.717) is 6.61 Å². The van der Waals surface area contributed by atoms with Crippen LogP contribution in [0.25, 0.3) is 0 Å². The highest BCUT2D eigenvalue weighted by Gasteiger charge is 2.12. The lowest BCUT2D eigenvalue weighted by atomic mass is 10.1. The number of aliphatic hydroxyl groups excluding tert-OH is 1. The first kappa shape index (κ1) is 14.1. The van der Waals surface area contributed by atoms with Crippen LogP contribution >= 0.6 is 11.8 Å². The first-order valence-electron chi connectivity index (χ1n) is 6.35. The largest absolute Gasteiger partial charge is 0.394 e. The van der Waals surface area contributed by atoms with Gasteiger partial charge in [0.15, 0.2) is 0 Å². The van der Waals surface area contributed by atoms with Crippen molar-refractivity contribution >= 4 is 11.8 Å². The summed E-state index contributed by atoms with van der Waals surface area (Å²) in [7, 11) is 0. The summed E-state index contributed by atoms with van der Waals surface area (Å²) in [6.07, 6.45) is 0.0126. The molecule has 19 heavy (non-hydrogen) atoms. The van der Waals surface area contributed by atoms with Crippen LogP contribution in [0.2, 0.25) is 0 Å². The highest BCUT2D eigenvalue weighted by molar-refractivity contribution is 7.99. The molecule has 0 aliphatic heterocycles. The number of benzene rings is 2. The lowest BCUT2D eigenvalue weighted by Crippen LogP contribution is -2.10. The normalized spacial score (nSPS) is 12.3. The molecule has 0 heterocycles. The number of hydrogen-bond acceptors (Lipinski definition) is 3. The Morgan fingerprint density at radius 2 is 1.58 bits per heavy atom. The predicted octanol–water partition coefficient (Wildman–Crippen LogP) is 3.53. The van der Waals surface area contributed by atoms with Crippen molar-refractivity contribution in [2.75, 3.05) is 19.0 Å². The fourth-order valence-electron chi connectivity index (χ4n) is 1.79. The summed E-state index contributed by atoms with van der Waals surface area (Å²) in [5.41, 5.74) is 1.15. The predicted molar refractivity (Wildman–Crippen MR) is 79.4 cm³/mol. The molecule has 0 spiro atoms. The van der Waals surface area contributed by atoms with Crippen LogP contribution in [0, 0.1) is 0 Å². The molecule has 100 valence electrons. The van der Waals surface area contributed by atoms with Gasteiger partial charge in [-0.25, -0.2) is 0 Å². The lowest BCUT2D eigenvalue weighted by Gasteiger charge is -2.17. The fourth-order valence-corrected chi connectivity index (χ4v) is 2.77. The van der Waals surface area contributed by atoms with E-state index in [0.717, 1.165) is 11.3 Å². The molecule has 1 N–H and O–H groups in total. The number of thioether (sulfide) groups is 1. The van der Waals surface area contributed by atoms with Crippen molar-refractivity contribution in [1.82, 2.24) is 0 Å². The van der Waals surface area contributed by atoms with Crippen LogP contribution in [-0.2, 0) is 4.74 Å². The molecule has 0 aliphatic rings. The molecule has 0 radical (unpaired) electrons. The van der Waals surface area contributed by atoms with Gasteiger partial charge in [-0.05, 0) is 17.7 Å². The van der Waals surface area contributed by atoms with Crippen molar-refractivity contribution in [1.29, 1.82) is 0 Å². The first-order chi connectivity index (χ1) is 9.40. The number of aliphatic hydroxyl groups is 1. The molecule has 2 aromatic rings. The van der Waals surface area contributed by atoms with E-state index in [-0.39, 0.29) is 12.7 Å². The van der Waals surface area contributed by atoms with E-state index in [1.165, 1.54) is 4.90 Å². The van der Waals surface area contributed by atoms with Gasteiger partial charge in [0.1, 0.15) is 0 Å². The van der Waals surface area contributed by atoms with Gasteiger partial charge in [0.2, 0.25) is 0 Å². The molecule has 0 saturated carbocycles. The molecule has 0 fully saturated rings. The van der Waals surface area contributed by atoms with Crippen molar-refractivity contribution in [2.24, 2.45) is 0 Å². The molecule has 0 saturated heterocycles. The summed E-state index contributed by atoms with van der Waals surface area (Å²) in [5.74, 6) is 0.841. The molecule has 0 bridgehead atoms. The third-order valence-electron chi connectivity index (χ3n) is 2.73. The smallest absolute Gasteiger partial charge is 0.0919 e. The second kappa shape index (κ2) is 8.00. The summed E-state index contributed by atoms with van der Waals surface area (Å²) in [5, 5.41) is 8.92. The molecule has 2 rings (SSSR count). The zero-order chi connectivity index (χ0) is 13.3. The van der Waals surface area contributed by atoms with Crippen LogP contribution in [0.5, 0.6) is 0 Å². The zero-order valence-electron chi connectivity index (χ0n) is 10.7. The average Bonchev–Trinajstić information content (AvgIpc) is 2.49. The van der Waals surface area contributed by atoms with Gasteiger partial charge >= 0.3 is 0 Å². The Hall–Kier alpha value is -1.29. The van der Waals surface area contributed by atoms with E-state index < -0.39 is 0 Å². The summed E-state index contributed by atoms with van der Waals surface area (Å²) < 4.78 is 5.73. The van der Waals surface area contributed by atoms with E-state index in [2.05, 4.69) is 24.3 Å². The maximum Gasteiger partial charge on any atom is 0.0919 e. The maximum atomic E-state index is 8.92. The van der Waals surface area contributed by atoms with Gasteiger partial charge in [0.05, 0.1) is 19.3 Å². The average molecular weight is 274 g/mol. The fraction of sp³-hybridized carbons (Fsp3) is 0.250. The Morgan fingerprint density at radius 1 is 0.947 bits per heavy atom. The summed E-state index contributed by atoms with van der Waals surface area (Å²) in [6, 6.07) is 20.4. The van der Waals surface area contributed by atoms with E-state index in [1.807, 2.05) is 36.4 Å². The highest BCUT2D eigenvalue weighted by Crippen LogP contribution is 2.26. The van der Waals surface area contributed by atoms with Crippen molar-refractivity contribution in [3.8, 4) is 0 Å². The topological polar surface area (TPSA) is 29.5 Å². The van der Waals surface area contributed by atoms with Gasteiger partial charge in [-0.15, -0.1) is 11.8 Å². The highest BCUT2D eigenvalue weighted by atomic mass is 32.2. The van der Waals surface area contributed by atoms with Crippen LogP contribution < -0.4 is 0 Å². The molecular formula is C16H18O2S. The van der Waals surface area contributed by atoms with Crippen molar-refractivity contribution in [2.45, 2.75) is 11.0 Å². The number of hydrogen-bond donors (Lipinski definition) is 1. The van der Waals surface area contributed by atoms with E-state index in [9.17, 15) is 0 Å². The summed E-state index contributed by atoms with van der Waals surface area (Å²) in [6.45, 7) is 0.425. The Bertz CT molecular complexity index is 459. The van der Waals surface area contributed by atoms with Crippen LogP contribution in [-0.4, -0.2) is 24.1 Å². The molecule has 0 aliphatic carbocycles. The molecular weight excluding hydrogens is 256 g/mol. The quantitative estimate of drug-likeness (QED) is 0.783. The van der Waals surface area contributed by atoms with Gasteiger partial charge in [-0.1, -0.05) is 48.5 Å². The third-order valence-corrected chi connectivity index (χ3v) is 3.80. The summed E-state index contributed by atoms with van der Waals surface area (Å²) >= 11 is 1.77. The molecule has 0 amide bonds. The SMILES string of the molecule is OCCOC(CSc1ccccc1)c1ccccc1. The monoisotopic (exact) mass is 274 g/mol. The van der Waals surface area contributed by atoms with Crippen molar-refractivity contribution in [3.63, 3.8) is 0 Å². The van der Waals surface area contributed by atoms with Crippen LogP contribution in [0.1, 0.15) is 11.7 Å². The Kier molecular flexibility index (Phi) is 5.95. The Balaban J connectivity index is 1.98. The van der Waals surface area contributed by atoms with Crippen LogP contribution in [0.15, 0.2) is 65.6 Å². The van der Waals surface area contributed by atoms with Crippen molar-refractivity contribution < 1.29 is 9.84 Å². The van der Waals surface area contributed by atoms with Gasteiger partial charge < -0.3 is 9.84 Å². The van der Waals surface area contributed by atoms with E-state index >= 15 is 0 Å². The third kappa shape index (κ3) is 4.71. The second-order valence-electron chi connectivity index (χ2n) is 4.12. The van der Waals surface area contributed by atoms with Gasteiger partial charge in [-0.3, -0.25) is 0 Å². The van der Waals surface area contributed by atoms with Crippen molar-refractivity contribution in [3.05, 3.63) is 66.2 Å². The molecule has 2 nitrogen and oxygen atoms in total. The van der Waals surface area contributed by atoms with Gasteiger partial charge in [0.25, 0.3) is 0 Å². The molecule has 1 atom stereocenters. The Labute approximate surface area is 118 Å². The Morgan fingerprint density at radius 3 is 2.21 bits per heavy atom. The molecule has 1 unspecified atom stereocenters. The maximum absolute atomic E-state index is 8.92. The summed E-state index contributed by atoms with van der Waals surface area (Å²) in [4.78, 5) is 1.23. The lowest BCUT2D eigenvalue weighted by molar-refractivity contribution is 0.0412. The van der Waals surface area contributed by atoms with E-state index in [1.54, 1.807) is 11.8 Å².